The minimum Gasteiger partial charge on any atom is -0.497 e. The lowest BCUT2D eigenvalue weighted by Gasteiger charge is -2.30. The highest BCUT2D eigenvalue weighted by Gasteiger charge is 2.35. The third-order valence-electron chi connectivity index (χ3n) is 4.99. The second kappa shape index (κ2) is 8.33. The Morgan fingerprint density at radius 1 is 1.07 bits per heavy atom. The molecule has 0 bridgehead atoms. The lowest BCUT2D eigenvalue weighted by Crippen LogP contribution is -2.40. The molecule has 1 unspecified atom stereocenters. The number of ether oxygens (including phenoxy) is 3. The van der Waals surface area contributed by atoms with Gasteiger partial charge in [-0.2, -0.15) is 0 Å². The van der Waals surface area contributed by atoms with Gasteiger partial charge in [0.2, 0.25) is 0 Å². The number of carbonyl (C=O) groups is 1. The number of nitrogens with zero attached hydrogens (tertiary/aromatic N) is 1. The molecule has 5 nitrogen and oxygen atoms in total. The van der Waals surface area contributed by atoms with Crippen molar-refractivity contribution in [2.24, 2.45) is 5.92 Å². The summed E-state index contributed by atoms with van der Waals surface area (Å²) in [6, 6.07) is 13.1. The average Bonchev–Trinajstić information content (AvgIpc) is 3.54. The lowest BCUT2D eigenvalue weighted by molar-refractivity contribution is 0.0975. The first kappa shape index (κ1) is 19.1. The number of carbonyl (C=O) groups excluding carboxylic acids is 1. The molecule has 0 radical (unpaired) electrons. The van der Waals surface area contributed by atoms with Crippen LogP contribution in [0.4, 0.5) is 5.69 Å². The highest BCUT2D eigenvalue weighted by molar-refractivity contribution is 6.07. The maximum absolute atomic E-state index is 13.4. The van der Waals surface area contributed by atoms with Crippen molar-refractivity contribution in [3.8, 4) is 17.2 Å². The van der Waals surface area contributed by atoms with Crippen LogP contribution in [0, 0.1) is 5.92 Å². The van der Waals surface area contributed by atoms with Crippen molar-refractivity contribution in [2.75, 3.05) is 25.7 Å². The minimum absolute atomic E-state index is 0.0387. The zero-order valence-electron chi connectivity index (χ0n) is 16.4. The molecule has 1 saturated carbocycles. The molecule has 1 fully saturated rings. The topological polar surface area (TPSA) is 48.0 Å². The monoisotopic (exact) mass is 369 g/mol. The fourth-order valence-electron chi connectivity index (χ4n) is 3.29. The molecule has 1 aliphatic carbocycles. The molecule has 0 spiro atoms. The van der Waals surface area contributed by atoms with Crippen LogP contribution in [-0.2, 0) is 0 Å². The quantitative estimate of drug-likeness (QED) is 0.685. The van der Waals surface area contributed by atoms with E-state index in [1.165, 1.54) is 0 Å². The molecule has 2 aromatic carbocycles. The zero-order chi connectivity index (χ0) is 19.4. The summed E-state index contributed by atoms with van der Waals surface area (Å²) in [4.78, 5) is 15.3. The molecule has 0 aliphatic heterocycles. The van der Waals surface area contributed by atoms with Gasteiger partial charge in [0.1, 0.15) is 5.75 Å². The van der Waals surface area contributed by atoms with E-state index in [9.17, 15) is 4.79 Å². The molecule has 3 rings (SSSR count). The van der Waals surface area contributed by atoms with E-state index >= 15 is 0 Å². The molecule has 2 aromatic rings. The van der Waals surface area contributed by atoms with Gasteiger partial charge in [-0.1, -0.05) is 0 Å². The van der Waals surface area contributed by atoms with E-state index in [0.29, 0.717) is 29.6 Å². The average molecular weight is 369 g/mol. The minimum atomic E-state index is -0.0387. The molecule has 0 saturated heterocycles. The Kier molecular flexibility index (Phi) is 5.89. The van der Waals surface area contributed by atoms with Gasteiger partial charge in [-0.25, -0.2) is 0 Å². The van der Waals surface area contributed by atoms with Crippen LogP contribution in [0.15, 0.2) is 42.5 Å². The highest BCUT2D eigenvalue weighted by atomic mass is 16.5. The fourth-order valence-corrected chi connectivity index (χ4v) is 3.29. The van der Waals surface area contributed by atoms with Gasteiger partial charge in [0.05, 0.1) is 20.8 Å². The van der Waals surface area contributed by atoms with Crippen molar-refractivity contribution in [1.82, 2.24) is 0 Å². The third kappa shape index (κ3) is 4.18. The first-order chi connectivity index (χ1) is 13.1. The Morgan fingerprint density at radius 3 is 2.33 bits per heavy atom. The summed E-state index contributed by atoms with van der Waals surface area (Å²) in [7, 11) is 3.23. The van der Waals surface area contributed by atoms with Gasteiger partial charge in [0, 0.05) is 17.3 Å². The van der Waals surface area contributed by atoms with Crippen LogP contribution in [0.3, 0.4) is 0 Å². The number of anilines is 1. The Hall–Kier alpha value is -2.69. The van der Waals surface area contributed by atoms with E-state index in [1.54, 1.807) is 32.4 Å². The highest BCUT2D eigenvalue weighted by Crippen LogP contribution is 2.38. The van der Waals surface area contributed by atoms with Crippen molar-refractivity contribution in [1.29, 1.82) is 0 Å². The number of amides is 1. The van der Waals surface area contributed by atoms with Crippen LogP contribution >= 0.6 is 0 Å². The van der Waals surface area contributed by atoms with Crippen LogP contribution < -0.4 is 19.1 Å². The maximum Gasteiger partial charge on any atom is 0.258 e. The summed E-state index contributed by atoms with van der Waals surface area (Å²) < 4.78 is 16.2. The number of rotatable bonds is 8. The fraction of sp³-hybridized carbons (Fsp3) is 0.409. The number of methoxy groups -OCH3 is 2. The lowest BCUT2D eigenvalue weighted by atomic mass is 10.1. The summed E-state index contributed by atoms with van der Waals surface area (Å²) in [5.74, 6) is 2.48. The van der Waals surface area contributed by atoms with Gasteiger partial charge in [-0.05, 0) is 75.1 Å². The largest absolute Gasteiger partial charge is 0.497 e. The molecule has 0 aromatic heterocycles. The van der Waals surface area contributed by atoms with E-state index in [-0.39, 0.29) is 11.9 Å². The maximum atomic E-state index is 13.4. The molecular formula is C22H27NO4. The van der Waals surface area contributed by atoms with Crippen LogP contribution in [0.25, 0.3) is 0 Å². The van der Waals surface area contributed by atoms with Gasteiger partial charge in [0.15, 0.2) is 11.5 Å². The van der Waals surface area contributed by atoms with Crippen molar-refractivity contribution >= 4 is 11.6 Å². The first-order valence-electron chi connectivity index (χ1n) is 9.37. The van der Waals surface area contributed by atoms with E-state index in [0.717, 1.165) is 24.3 Å². The number of benzene rings is 2. The predicted octanol–water partition coefficient (Wildman–Crippen LogP) is 4.55. The molecule has 1 amide bonds. The van der Waals surface area contributed by atoms with Gasteiger partial charge >= 0.3 is 0 Å². The van der Waals surface area contributed by atoms with Gasteiger partial charge in [0.25, 0.3) is 5.91 Å². The molecule has 0 heterocycles. The number of hydrogen-bond donors (Lipinski definition) is 0. The van der Waals surface area contributed by atoms with Gasteiger partial charge in [-0.15, -0.1) is 0 Å². The van der Waals surface area contributed by atoms with E-state index in [4.69, 9.17) is 14.2 Å². The van der Waals surface area contributed by atoms with E-state index in [1.807, 2.05) is 36.1 Å². The van der Waals surface area contributed by atoms with Crippen LogP contribution in [0.1, 0.15) is 37.0 Å². The summed E-state index contributed by atoms with van der Waals surface area (Å²) in [5, 5.41) is 0. The second-order valence-electron chi connectivity index (χ2n) is 6.75. The molecule has 27 heavy (non-hydrogen) atoms. The Morgan fingerprint density at radius 2 is 1.78 bits per heavy atom. The smallest absolute Gasteiger partial charge is 0.258 e. The third-order valence-corrected chi connectivity index (χ3v) is 4.99. The van der Waals surface area contributed by atoms with E-state index in [2.05, 4.69) is 6.92 Å². The Labute approximate surface area is 160 Å². The Bertz CT molecular complexity index is 783. The molecule has 1 atom stereocenters. The summed E-state index contributed by atoms with van der Waals surface area (Å²) >= 11 is 0. The summed E-state index contributed by atoms with van der Waals surface area (Å²) in [6.07, 6.45) is 2.32. The van der Waals surface area contributed by atoms with Crippen LogP contribution in [0.5, 0.6) is 17.2 Å². The second-order valence-corrected chi connectivity index (χ2v) is 6.75. The van der Waals surface area contributed by atoms with Crippen LogP contribution in [-0.4, -0.2) is 32.8 Å². The van der Waals surface area contributed by atoms with Gasteiger partial charge in [-0.3, -0.25) is 4.79 Å². The standard InChI is InChI=1S/C22H27NO4/c1-5-27-21-14-17(8-13-20(21)26-4)22(24)23(15(2)16-6-7-16)18-9-11-19(25-3)12-10-18/h8-16H,5-7H2,1-4H3. The predicted molar refractivity (Wildman–Crippen MR) is 106 cm³/mol. The van der Waals surface area contributed by atoms with Crippen LogP contribution in [0.2, 0.25) is 0 Å². The molecule has 5 heteroatoms. The summed E-state index contributed by atoms with van der Waals surface area (Å²) in [5.41, 5.74) is 1.46. The van der Waals surface area contributed by atoms with E-state index < -0.39 is 0 Å². The van der Waals surface area contributed by atoms with Crippen molar-refractivity contribution in [3.63, 3.8) is 0 Å². The Balaban J connectivity index is 1.96. The first-order valence-corrected chi connectivity index (χ1v) is 9.37. The van der Waals surface area contributed by atoms with Crippen molar-refractivity contribution < 1.29 is 19.0 Å². The SMILES string of the molecule is CCOc1cc(C(=O)N(c2ccc(OC)cc2)C(C)C2CC2)ccc1OC. The molecule has 0 N–H and O–H groups in total. The zero-order valence-corrected chi connectivity index (χ0v) is 16.4. The number of hydrogen-bond acceptors (Lipinski definition) is 4. The van der Waals surface area contributed by atoms with Crippen molar-refractivity contribution in [2.45, 2.75) is 32.7 Å². The van der Waals surface area contributed by atoms with Gasteiger partial charge < -0.3 is 19.1 Å². The van der Waals surface area contributed by atoms with Crippen molar-refractivity contribution in [3.05, 3.63) is 48.0 Å². The normalized spacial score (nSPS) is 14.4. The molecule has 1 aliphatic rings. The molecule has 144 valence electrons. The molecular weight excluding hydrogens is 342 g/mol. The summed E-state index contributed by atoms with van der Waals surface area (Å²) in [6.45, 7) is 4.54.